The van der Waals surface area contributed by atoms with E-state index in [9.17, 15) is 0 Å². The molecule has 0 unspecified atom stereocenters. The standard InChI is InChI=1S/C16H18N2/c17-18-16(13-15-9-5-2-6-10-15)12-11-14-7-3-1-4-8-14/h1-10,12,18H,11,13,17H2. The maximum atomic E-state index is 5.57. The molecule has 0 radical (unpaired) electrons. The number of nitrogens with one attached hydrogen (secondary N) is 1. The summed E-state index contributed by atoms with van der Waals surface area (Å²) in [6.07, 6.45) is 3.87. The van der Waals surface area contributed by atoms with Gasteiger partial charge in [-0.25, -0.2) is 0 Å². The highest BCUT2D eigenvalue weighted by atomic mass is 15.2. The molecule has 0 bridgehead atoms. The molecule has 92 valence electrons. The van der Waals surface area contributed by atoms with Gasteiger partial charge in [-0.1, -0.05) is 66.7 Å². The summed E-state index contributed by atoms with van der Waals surface area (Å²) >= 11 is 0. The van der Waals surface area contributed by atoms with Gasteiger partial charge < -0.3 is 5.43 Å². The van der Waals surface area contributed by atoms with Crippen LogP contribution in [0.1, 0.15) is 11.1 Å². The Kier molecular flexibility index (Phi) is 4.56. The first kappa shape index (κ1) is 12.4. The second kappa shape index (κ2) is 6.62. The van der Waals surface area contributed by atoms with Gasteiger partial charge in [0, 0.05) is 12.1 Å². The van der Waals surface area contributed by atoms with Crippen molar-refractivity contribution < 1.29 is 0 Å². The Morgan fingerprint density at radius 1 is 0.889 bits per heavy atom. The molecule has 0 aliphatic carbocycles. The van der Waals surface area contributed by atoms with Crippen molar-refractivity contribution in [1.82, 2.24) is 5.43 Å². The van der Waals surface area contributed by atoms with Gasteiger partial charge >= 0.3 is 0 Å². The first-order chi connectivity index (χ1) is 8.88. The van der Waals surface area contributed by atoms with Crippen LogP contribution in [0.3, 0.4) is 0 Å². The second-order valence-corrected chi connectivity index (χ2v) is 4.23. The normalized spacial score (nSPS) is 11.3. The Bertz CT molecular complexity index is 489. The van der Waals surface area contributed by atoms with Gasteiger partial charge in [-0.05, 0) is 17.5 Å². The van der Waals surface area contributed by atoms with Crippen LogP contribution in [-0.2, 0) is 12.8 Å². The van der Waals surface area contributed by atoms with Gasteiger partial charge in [0.05, 0.1) is 0 Å². The molecule has 0 spiro atoms. The van der Waals surface area contributed by atoms with Gasteiger partial charge in [0.1, 0.15) is 0 Å². The van der Waals surface area contributed by atoms with Crippen molar-refractivity contribution in [3.63, 3.8) is 0 Å². The molecule has 0 heterocycles. The SMILES string of the molecule is NNC(=CCc1ccccc1)Cc1ccccc1. The predicted molar refractivity (Wildman–Crippen MR) is 75.7 cm³/mol. The lowest BCUT2D eigenvalue weighted by atomic mass is 10.1. The van der Waals surface area contributed by atoms with E-state index in [2.05, 4.69) is 47.9 Å². The van der Waals surface area contributed by atoms with Crippen LogP contribution in [0, 0.1) is 0 Å². The molecule has 2 rings (SSSR count). The fourth-order valence-electron chi connectivity index (χ4n) is 1.85. The van der Waals surface area contributed by atoms with Crippen molar-refractivity contribution >= 4 is 0 Å². The molecule has 0 aliphatic heterocycles. The maximum Gasteiger partial charge on any atom is 0.0266 e. The minimum Gasteiger partial charge on any atom is -0.328 e. The summed E-state index contributed by atoms with van der Waals surface area (Å²) in [7, 11) is 0. The molecule has 0 aliphatic rings. The highest BCUT2D eigenvalue weighted by Crippen LogP contribution is 2.07. The van der Waals surface area contributed by atoms with Gasteiger partial charge in [-0.15, -0.1) is 0 Å². The third-order valence-electron chi connectivity index (χ3n) is 2.85. The van der Waals surface area contributed by atoms with Crippen LogP contribution in [0.2, 0.25) is 0 Å². The third-order valence-corrected chi connectivity index (χ3v) is 2.85. The fourth-order valence-corrected chi connectivity index (χ4v) is 1.85. The van der Waals surface area contributed by atoms with Gasteiger partial charge in [-0.3, -0.25) is 5.84 Å². The van der Waals surface area contributed by atoms with E-state index in [4.69, 9.17) is 5.84 Å². The van der Waals surface area contributed by atoms with E-state index in [0.29, 0.717) is 0 Å². The number of hydrogen-bond acceptors (Lipinski definition) is 2. The molecule has 2 aromatic rings. The zero-order chi connectivity index (χ0) is 12.6. The van der Waals surface area contributed by atoms with Crippen molar-refractivity contribution in [1.29, 1.82) is 0 Å². The number of hydrogen-bond donors (Lipinski definition) is 2. The van der Waals surface area contributed by atoms with Crippen molar-refractivity contribution in [3.8, 4) is 0 Å². The molecule has 0 saturated carbocycles. The molecule has 0 fully saturated rings. The van der Waals surface area contributed by atoms with Crippen LogP contribution in [0.4, 0.5) is 0 Å². The minimum atomic E-state index is 0.837. The first-order valence-corrected chi connectivity index (χ1v) is 6.12. The van der Waals surface area contributed by atoms with E-state index >= 15 is 0 Å². The molecule has 0 amide bonds. The minimum absolute atomic E-state index is 0.837. The highest BCUT2D eigenvalue weighted by Gasteiger charge is 1.97. The third kappa shape index (κ3) is 3.75. The van der Waals surface area contributed by atoms with Gasteiger partial charge in [0.15, 0.2) is 0 Å². The Labute approximate surface area is 108 Å². The Morgan fingerprint density at radius 3 is 2.00 bits per heavy atom. The van der Waals surface area contributed by atoms with Gasteiger partial charge in [0.2, 0.25) is 0 Å². The molecule has 0 saturated heterocycles. The number of rotatable bonds is 5. The summed E-state index contributed by atoms with van der Waals surface area (Å²) in [5.41, 5.74) is 6.38. The first-order valence-electron chi connectivity index (χ1n) is 6.12. The average molecular weight is 238 g/mol. The zero-order valence-corrected chi connectivity index (χ0v) is 10.3. The highest BCUT2D eigenvalue weighted by molar-refractivity contribution is 5.23. The molecule has 2 nitrogen and oxygen atoms in total. The van der Waals surface area contributed by atoms with E-state index in [1.165, 1.54) is 11.1 Å². The van der Waals surface area contributed by atoms with Crippen LogP contribution in [-0.4, -0.2) is 0 Å². The second-order valence-electron chi connectivity index (χ2n) is 4.23. The van der Waals surface area contributed by atoms with Gasteiger partial charge in [0.25, 0.3) is 0 Å². The van der Waals surface area contributed by atoms with E-state index in [-0.39, 0.29) is 0 Å². The van der Waals surface area contributed by atoms with Gasteiger partial charge in [-0.2, -0.15) is 0 Å². The summed E-state index contributed by atoms with van der Waals surface area (Å²) in [6.45, 7) is 0. The maximum absolute atomic E-state index is 5.57. The van der Waals surface area contributed by atoms with Crippen molar-refractivity contribution in [3.05, 3.63) is 83.6 Å². The number of allylic oxidation sites excluding steroid dienone is 2. The molecule has 0 atom stereocenters. The van der Waals surface area contributed by atoms with Crippen LogP contribution in [0.15, 0.2) is 72.4 Å². The van der Waals surface area contributed by atoms with Crippen LogP contribution >= 0.6 is 0 Å². The average Bonchev–Trinajstić information content (AvgIpc) is 2.45. The Hall–Kier alpha value is -2.06. The molecule has 18 heavy (non-hydrogen) atoms. The largest absolute Gasteiger partial charge is 0.328 e. The van der Waals surface area contributed by atoms with Crippen molar-refractivity contribution in [2.45, 2.75) is 12.8 Å². The lowest BCUT2D eigenvalue weighted by Crippen LogP contribution is -2.22. The molecule has 2 aromatic carbocycles. The summed E-state index contributed by atoms with van der Waals surface area (Å²) < 4.78 is 0. The summed E-state index contributed by atoms with van der Waals surface area (Å²) in [5.74, 6) is 5.57. The molecule has 3 N–H and O–H groups in total. The summed E-state index contributed by atoms with van der Waals surface area (Å²) in [6, 6.07) is 20.7. The number of hydrazine groups is 1. The van der Waals surface area contributed by atoms with E-state index < -0.39 is 0 Å². The quantitative estimate of drug-likeness (QED) is 0.621. The lowest BCUT2D eigenvalue weighted by Gasteiger charge is -2.07. The van der Waals surface area contributed by atoms with Crippen LogP contribution in [0.5, 0.6) is 0 Å². The Morgan fingerprint density at radius 2 is 1.44 bits per heavy atom. The fraction of sp³-hybridized carbons (Fsp3) is 0.125. The molecular formula is C16H18N2. The number of nitrogens with two attached hydrogens (primary N) is 1. The zero-order valence-electron chi connectivity index (χ0n) is 10.3. The molecular weight excluding hydrogens is 220 g/mol. The van der Waals surface area contributed by atoms with Crippen molar-refractivity contribution in [2.75, 3.05) is 0 Å². The van der Waals surface area contributed by atoms with Crippen LogP contribution in [0.25, 0.3) is 0 Å². The lowest BCUT2D eigenvalue weighted by molar-refractivity contribution is 0.832. The Balaban J connectivity index is 2.00. The molecule has 2 heteroatoms. The molecule has 0 aromatic heterocycles. The number of benzene rings is 2. The predicted octanol–water partition coefficient (Wildman–Crippen LogP) is 2.82. The van der Waals surface area contributed by atoms with E-state index in [1.54, 1.807) is 0 Å². The monoisotopic (exact) mass is 238 g/mol. The topological polar surface area (TPSA) is 38.0 Å². The smallest absolute Gasteiger partial charge is 0.0266 e. The summed E-state index contributed by atoms with van der Waals surface area (Å²) in [5, 5.41) is 0. The summed E-state index contributed by atoms with van der Waals surface area (Å²) in [4.78, 5) is 0. The van der Waals surface area contributed by atoms with Crippen LogP contribution < -0.4 is 11.3 Å². The van der Waals surface area contributed by atoms with Crippen molar-refractivity contribution in [2.24, 2.45) is 5.84 Å². The van der Waals surface area contributed by atoms with E-state index in [1.807, 2.05) is 24.3 Å². The van der Waals surface area contributed by atoms with E-state index in [0.717, 1.165) is 18.5 Å².